The number of sulfone groups is 1. The van der Waals surface area contributed by atoms with Crippen LogP contribution in [-0.4, -0.2) is 14.2 Å². The van der Waals surface area contributed by atoms with Crippen molar-refractivity contribution in [3.63, 3.8) is 0 Å². The van der Waals surface area contributed by atoms with Gasteiger partial charge in [0.25, 0.3) is 0 Å². The first-order chi connectivity index (χ1) is 7.50. The van der Waals surface area contributed by atoms with Crippen molar-refractivity contribution in [2.24, 2.45) is 0 Å². The molecule has 1 aromatic rings. The number of benzene rings is 1. The Bertz CT molecular complexity index is 455. The lowest BCUT2D eigenvalue weighted by atomic mass is 10.1. The van der Waals surface area contributed by atoms with Crippen molar-refractivity contribution in [3.8, 4) is 0 Å². The monoisotopic (exact) mass is 248 g/mol. The summed E-state index contributed by atoms with van der Waals surface area (Å²) >= 11 is 0. The molecule has 1 aromatic carbocycles. The summed E-state index contributed by atoms with van der Waals surface area (Å²) in [4.78, 5) is 0. The minimum absolute atomic E-state index is 0.0201. The summed E-state index contributed by atoms with van der Waals surface area (Å²) < 4.78 is 48.9. The lowest BCUT2D eigenvalue weighted by molar-refractivity contribution is 0.462. The first-order valence-corrected chi connectivity index (χ1v) is 6.85. The molecule has 5 heteroatoms. The molecule has 0 aliphatic carbocycles. The fourth-order valence-corrected chi connectivity index (χ4v) is 2.93. The Morgan fingerprint density at radius 1 is 1.25 bits per heavy atom. The number of rotatable bonds is 5. The van der Waals surface area contributed by atoms with Gasteiger partial charge in [-0.1, -0.05) is 25.1 Å². The van der Waals surface area contributed by atoms with E-state index < -0.39 is 22.3 Å². The Hall–Kier alpha value is -0.970. The second-order valence-electron chi connectivity index (χ2n) is 3.62. The minimum atomic E-state index is -3.29. The highest BCUT2D eigenvalue weighted by molar-refractivity contribution is 7.90. The molecular weight excluding hydrogens is 234 g/mol. The first kappa shape index (κ1) is 13.1. The van der Waals surface area contributed by atoms with E-state index in [1.807, 2.05) is 0 Å². The predicted octanol–water partition coefficient (Wildman–Crippen LogP) is 2.62. The Kier molecular flexibility index (Phi) is 4.41. The van der Waals surface area contributed by atoms with Crippen LogP contribution in [0.3, 0.4) is 0 Å². The Morgan fingerprint density at radius 3 is 2.44 bits per heavy atom. The fraction of sp³-hybridized carbons (Fsp3) is 0.455. The van der Waals surface area contributed by atoms with E-state index in [0.717, 1.165) is 0 Å². The molecule has 0 amide bonds. The largest absolute Gasteiger partial charge is 0.246 e. The molecule has 2 nitrogen and oxygen atoms in total. The van der Waals surface area contributed by atoms with E-state index in [0.29, 0.717) is 6.42 Å². The maximum atomic E-state index is 13.5. The third kappa shape index (κ3) is 3.27. The summed E-state index contributed by atoms with van der Waals surface area (Å²) in [5.74, 6) is -1.09. The number of hydrogen-bond donors (Lipinski definition) is 0. The Labute approximate surface area is 94.2 Å². The highest BCUT2D eigenvalue weighted by atomic mass is 32.2. The molecule has 0 atom stereocenters. The molecular formula is C11H14F2O2S. The summed E-state index contributed by atoms with van der Waals surface area (Å²) in [5.41, 5.74) is -0.0483. The van der Waals surface area contributed by atoms with Crippen LogP contribution in [0.25, 0.3) is 0 Å². The molecule has 0 saturated carbocycles. The zero-order valence-corrected chi connectivity index (χ0v) is 9.86. The van der Waals surface area contributed by atoms with Crippen molar-refractivity contribution in [3.05, 3.63) is 35.1 Å². The highest BCUT2D eigenvalue weighted by Crippen LogP contribution is 2.17. The molecule has 0 heterocycles. The second-order valence-corrected chi connectivity index (χ2v) is 5.80. The van der Waals surface area contributed by atoms with E-state index in [1.165, 1.54) is 18.2 Å². The Morgan fingerprint density at radius 2 is 1.88 bits per heavy atom. The molecule has 1 rings (SSSR count). The van der Waals surface area contributed by atoms with Gasteiger partial charge in [0, 0.05) is 11.1 Å². The quantitative estimate of drug-likeness (QED) is 0.802. The lowest BCUT2D eigenvalue weighted by Crippen LogP contribution is -2.10. The summed E-state index contributed by atoms with van der Waals surface area (Å²) in [6.45, 7) is 0.819. The summed E-state index contributed by atoms with van der Waals surface area (Å²) in [5, 5.41) is 0. The van der Waals surface area contributed by atoms with Gasteiger partial charge in [0.2, 0.25) is 0 Å². The minimum Gasteiger partial charge on any atom is -0.246 e. The van der Waals surface area contributed by atoms with Gasteiger partial charge in [0.1, 0.15) is 12.5 Å². The van der Waals surface area contributed by atoms with Crippen LogP contribution in [0.4, 0.5) is 8.78 Å². The molecule has 0 saturated heterocycles. The van der Waals surface area contributed by atoms with Gasteiger partial charge in [-0.3, -0.25) is 0 Å². The maximum absolute atomic E-state index is 13.5. The molecule has 90 valence electrons. The van der Waals surface area contributed by atoms with Crippen LogP contribution in [0.1, 0.15) is 24.5 Å². The van der Waals surface area contributed by atoms with Crippen molar-refractivity contribution in [2.75, 3.05) is 5.75 Å². The van der Waals surface area contributed by atoms with Gasteiger partial charge in [-0.05, 0) is 6.42 Å². The van der Waals surface area contributed by atoms with E-state index in [9.17, 15) is 17.2 Å². The van der Waals surface area contributed by atoms with Gasteiger partial charge in [-0.25, -0.2) is 17.2 Å². The highest BCUT2D eigenvalue weighted by Gasteiger charge is 2.15. The zero-order valence-electron chi connectivity index (χ0n) is 9.04. The second kappa shape index (κ2) is 5.39. The van der Waals surface area contributed by atoms with Gasteiger partial charge in [0.15, 0.2) is 9.84 Å². The van der Waals surface area contributed by atoms with Gasteiger partial charge in [-0.2, -0.15) is 0 Å². The van der Waals surface area contributed by atoms with Crippen LogP contribution >= 0.6 is 0 Å². The van der Waals surface area contributed by atoms with E-state index >= 15 is 0 Å². The van der Waals surface area contributed by atoms with Crippen molar-refractivity contribution in [1.29, 1.82) is 0 Å². The van der Waals surface area contributed by atoms with Crippen molar-refractivity contribution in [2.45, 2.75) is 25.8 Å². The molecule has 0 aliphatic rings. The Balaban J connectivity index is 2.98. The third-order valence-electron chi connectivity index (χ3n) is 2.19. The number of alkyl halides is 1. The average Bonchev–Trinajstić information content (AvgIpc) is 2.21. The summed E-state index contributed by atoms with van der Waals surface area (Å²) in [6.07, 6.45) is 0.493. The number of halogens is 2. The van der Waals surface area contributed by atoms with E-state index in [2.05, 4.69) is 0 Å². The van der Waals surface area contributed by atoms with Crippen LogP contribution < -0.4 is 0 Å². The van der Waals surface area contributed by atoms with E-state index in [1.54, 1.807) is 6.92 Å². The number of hydrogen-bond acceptors (Lipinski definition) is 2. The molecule has 0 unspecified atom stereocenters. The van der Waals surface area contributed by atoms with Crippen LogP contribution in [0, 0.1) is 5.82 Å². The van der Waals surface area contributed by atoms with E-state index in [4.69, 9.17) is 0 Å². The topological polar surface area (TPSA) is 34.1 Å². The van der Waals surface area contributed by atoms with Gasteiger partial charge >= 0.3 is 0 Å². The van der Waals surface area contributed by atoms with Gasteiger partial charge in [-0.15, -0.1) is 0 Å². The molecule has 0 fully saturated rings. The molecule has 0 N–H and O–H groups in total. The molecule has 0 aromatic heterocycles. The predicted molar refractivity (Wildman–Crippen MR) is 59.0 cm³/mol. The van der Waals surface area contributed by atoms with Crippen LogP contribution in [0.15, 0.2) is 18.2 Å². The van der Waals surface area contributed by atoms with Crippen LogP contribution in [-0.2, 0) is 22.3 Å². The maximum Gasteiger partial charge on any atom is 0.154 e. The molecule has 0 radical (unpaired) electrons. The van der Waals surface area contributed by atoms with E-state index in [-0.39, 0.29) is 22.6 Å². The lowest BCUT2D eigenvalue weighted by Gasteiger charge is -2.06. The molecule has 0 bridgehead atoms. The molecule has 0 aliphatic heterocycles. The standard InChI is InChI=1S/C11H14F2O2S/c1-2-6-16(14,15)8-10-5-3-4-9(7-12)11(10)13/h3-5H,2,6-8H2,1H3. The van der Waals surface area contributed by atoms with Crippen LogP contribution in [0.2, 0.25) is 0 Å². The van der Waals surface area contributed by atoms with Crippen molar-refractivity contribution in [1.82, 2.24) is 0 Å². The normalized spacial score (nSPS) is 11.7. The van der Waals surface area contributed by atoms with Gasteiger partial charge < -0.3 is 0 Å². The van der Waals surface area contributed by atoms with Crippen molar-refractivity contribution >= 4 is 9.84 Å². The summed E-state index contributed by atoms with van der Waals surface area (Å²) in [6, 6.07) is 4.15. The smallest absolute Gasteiger partial charge is 0.154 e. The first-order valence-electron chi connectivity index (χ1n) is 5.03. The van der Waals surface area contributed by atoms with Gasteiger partial charge in [0.05, 0.1) is 11.5 Å². The van der Waals surface area contributed by atoms with Crippen molar-refractivity contribution < 1.29 is 17.2 Å². The molecule has 16 heavy (non-hydrogen) atoms. The SMILES string of the molecule is CCCS(=O)(=O)Cc1cccc(CF)c1F. The molecule has 0 spiro atoms. The third-order valence-corrected chi connectivity index (χ3v) is 3.97. The fourth-order valence-electron chi connectivity index (χ4n) is 1.47. The zero-order chi connectivity index (χ0) is 12.2. The van der Waals surface area contributed by atoms with Crippen LogP contribution in [0.5, 0.6) is 0 Å². The summed E-state index contributed by atoms with van der Waals surface area (Å²) in [7, 11) is -3.29. The average molecular weight is 248 g/mol.